The van der Waals surface area contributed by atoms with Crippen molar-refractivity contribution in [1.29, 1.82) is 0 Å². The van der Waals surface area contributed by atoms with Gasteiger partial charge in [0.05, 0.1) is 11.1 Å². The van der Waals surface area contributed by atoms with Gasteiger partial charge in [0.2, 0.25) is 0 Å². The molecule has 0 fully saturated rings. The second-order valence-corrected chi connectivity index (χ2v) is 11.0. The minimum atomic E-state index is 0.514. The van der Waals surface area contributed by atoms with E-state index in [1.165, 1.54) is 21.9 Å². The van der Waals surface area contributed by atoms with Gasteiger partial charge in [-0.05, 0) is 30.7 Å². The zero-order valence-corrected chi connectivity index (χ0v) is 24.2. The van der Waals surface area contributed by atoms with E-state index in [0.717, 1.165) is 38.5 Å². The van der Waals surface area contributed by atoms with E-state index < -0.39 is 0 Å². The summed E-state index contributed by atoms with van der Waals surface area (Å²) in [5, 5.41) is 5.64. The second-order valence-electron chi connectivity index (χ2n) is 11.0. The van der Waals surface area contributed by atoms with Gasteiger partial charge in [-0.3, -0.25) is 0 Å². The average Bonchev–Trinajstić information content (AvgIpc) is 3.08. The molecule has 0 bridgehead atoms. The van der Waals surface area contributed by atoms with Crippen molar-refractivity contribution in [3.63, 3.8) is 0 Å². The SMILES string of the molecule is Cc1ccc(-c2nc(-c3ccc(C)cc3)nc(-c3cnc(-c4nc5ccccc5c5c4ccc4ccccc45)nc3)n2)cc1. The molecule has 0 spiro atoms. The highest BCUT2D eigenvalue weighted by Gasteiger charge is 2.17. The van der Waals surface area contributed by atoms with Gasteiger partial charge in [-0.15, -0.1) is 0 Å². The first kappa shape index (κ1) is 25.8. The first-order valence-corrected chi connectivity index (χ1v) is 14.5. The van der Waals surface area contributed by atoms with Gasteiger partial charge >= 0.3 is 0 Å². The quantitative estimate of drug-likeness (QED) is 0.198. The van der Waals surface area contributed by atoms with Crippen LogP contribution in [0.2, 0.25) is 0 Å². The molecule has 3 heterocycles. The normalized spacial score (nSPS) is 11.4. The van der Waals surface area contributed by atoms with E-state index in [1.807, 2.05) is 36.4 Å². The molecule has 8 rings (SSSR count). The van der Waals surface area contributed by atoms with Crippen molar-refractivity contribution in [3.8, 4) is 45.7 Å². The Balaban J connectivity index is 1.27. The third-order valence-electron chi connectivity index (χ3n) is 7.97. The van der Waals surface area contributed by atoms with Gasteiger partial charge in [0.1, 0.15) is 5.69 Å². The molecule has 0 radical (unpaired) electrons. The van der Waals surface area contributed by atoms with Crippen LogP contribution in [0, 0.1) is 13.8 Å². The fraction of sp³-hybridized carbons (Fsp3) is 0.0526. The summed E-state index contributed by atoms with van der Waals surface area (Å²) in [6.45, 7) is 4.13. The van der Waals surface area contributed by atoms with E-state index in [2.05, 4.69) is 86.6 Å². The molecule has 5 aromatic carbocycles. The van der Waals surface area contributed by atoms with E-state index >= 15 is 0 Å². The average molecular weight is 567 g/mol. The highest BCUT2D eigenvalue weighted by atomic mass is 15.0. The van der Waals surface area contributed by atoms with Crippen LogP contribution in [0.1, 0.15) is 11.1 Å². The number of hydrogen-bond donors (Lipinski definition) is 0. The Morgan fingerprint density at radius 3 is 1.59 bits per heavy atom. The Morgan fingerprint density at radius 2 is 0.955 bits per heavy atom. The van der Waals surface area contributed by atoms with E-state index in [1.54, 1.807) is 12.4 Å². The van der Waals surface area contributed by atoms with Crippen molar-refractivity contribution in [2.24, 2.45) is 0 Å². The van der Waals surface area contributed by atoms with Crippen molar-refractivity contribution < 1.29 is 0 Å². The molecule has 3 aromatic heterocycles. The van der Waals surface area contributed by atoms with Crippen molar-refractivity contribution in [2.75, 3.05) is 0 Å². The Labute approximate surface area is 254 Å². The summed E-state index contributed by atoms with van der Waals surface area (Å²) in [6.07, 6.45) is 3.55. The standard InChI is InChI=1S/C38H26N6/c1-23-11-15-26(16-12-23)35-42-36(27-17-13-24(2)14-18-27)44-37(43-35)28-21-39-38(40-22-28)34-31-20-19-25-7-3-4-8-29(25)33(31)30-9-5-6-10-32(30)41-34/h3-22H,1-2H3. The highest BCUT2D eigenvalue weighted by molar-refractivity contribution is 6.22. The molecule has 6 heteroatoms. The Morgan fingerprint density at radius 1 is 0.409 bits per heavy atom. The number of benzene rings is 5. The van der Waals surface area contributed by atoms with E-state index in [0.29, 0.717) is 28.9 Å². The summed E-state index contributed by atoms with van der Waals surface area (Å²) in [6, 6.07) is 37.3. The maximum Gasteiger partial charge on any atom is 0.178 e. The Bertz CT molecular complexity index is 2250. The van der Waals surface area contributed by atoms with Crippen LogP contribution in [-0.4, -0.2) is 29.9 Å². The lowest BCUT2D eigenvalue weighted by Crippen LogP contribution is -2.01. The fourth-order valence-corrected chi connectivity index (χ4v) is 5.63. The van der Waals surface area contributed by atoms with Crippen LogP contribution in [0.25, 0.3) is 78.1 Å². The van der Waals surface area contributed by atoms with E-state index in [9.17, 15) is 0 Å². The van der Waals surface area contributed by atoms with Gasteiger partial charge in [-0.1, -0.05) is 114 Å². The lowest BCUT2D eigenvalue weighted by molar-refractivity contribution is 1.06. The van der Waals surface area contributed by atoms with Gasteiger partial charge in [0.25, 0.3) is 0 Å². The molecule has 44 heavy (non-hydrogen) atoms. The topological polar surface area (TPSA) is 77.3 Å². The number of aromatic nitrogens is 6. The summed E-state index contributed by atoms with van der Waals surface area (Å²) >= 11 is 0. The van der Waals surface area contributed by atoms with Crippen molar-refractivity contribution >= 4 is 32.4 Å². The molecular formula is C38H26N6. The molecule has 0 aliphatic heterocycles. The number of rotatable bonds is 4. The maximum absolute atomic E-state index is 5.04. The number of nitrogens with zero attached hydrogens (tertiary/aromatic N) is 6. The first-order chi connectivity index (χ1) is 21.6. The van der Waals surface area contributed by atoms with Crippen LogP contribution >= 0.6 is 0 Å². The zero-order valence-electron chi connectivity index (χ0n) is 24.2. The number of aryl methyl sites for hydroxylation is 2. The predicted octanol–water partition coefficient (Wildman–Crippen LogP) is 8.80. The predicted molar refractivity (Wildman–Crippen MR) is 177 cm³/mol. The molecule has 0 saturated heterocycles. The molecular weight excluding hydrogens is 540 g/mol. The van der Waals surface area contributed by atoms with Gasteiger partial charge in [0.15, 0.2) is 23.3 Å². The molecule has 0 aliphatic carbocycles. The van der Waals surface area contributed by atoms with Crippen LogP contribution in [0.4, 0.5) is 0 Å². The van der Waals surface area contributed by atoms with Crippen molar-refractivity contribution in [1.82, 2.24) is 29.9 Å². The minimum absolute atomic E-state index is 0.514. The van der Waals surface area contributed by atoms with Crippen LogP contribution in [-0.2, 0) is 0 Å². The minimum Gasteiger partial charge on any atom is -0.244 e. The number of pyridine rings is 1. The summed E-state index contributed by atoms with van der Waals surface area (Å²) in [7, 11) is 0. The molecule has 0 amide bonds. The highest BCUT2D eigenvalue weighted by Crippen LogP contribution is 2.36. The van der Waals surface area contributed by atoms with E-state index in [-0.39, 0.29) is 0 Å². The fourth-order valence-electron chi connectivity index (χ4n) is 5.63. The Kier molecular flexibility index (Phi) is 6.12. The molecule has 0 aliphatic rings. The number of para-hydroxylation sites is 1. The molecule has 0 N–H and O–H groups in total. The largest absolute Gasteiger partial charge is 0.244 e. The van der Waals surface area contributed by atoms with Crippen LogP contribution < -0.4 is 0 Å². The molecule has 0 unspecified atom stereocenters. The van der Waals surface area contributed by atoms with Crippen molar-refractivity contribution in [3.05, 3.63) is 133 Å². The monoisotopic (exact) mass is 566 g/mol. The smallest absolute Gasteiger partial charge is 0.178 e. The summed E-state index contributed by atoms with van der Waals surface area (Å²) in [5.41, 5.74) is 6.54. The van der Waals surface area contributed by atoms with E-state index in [4.69, 9.17) is 29.9 Å². The van der Waals surface area contributed by atoms with Crippen LogP contribution in [0.15, 0.2) is 122 Å². The summed E-state index contributed by atoms with van der Waals surface area (Å²) < 4.78 is 0. The summed E-state index contributed by atoms with van der Waals surface area (Å²) in [4.78, 5) is 29.2. The summed E-state index contributed by atoms with van der Waals surface area (Å²) in [5.74, 6) is 2.26. The molecule has 0 saturated carbocycles. The second kappa shape index (κ2) is 10.4. The zero-order chi connectivity index (χ0) is 29.6. The molecule has 8 aromatic rings. The van der Waals surface area contributed by atoms with Gasteiger partial charge in [-0.25, -0.2) is 29.9 Å². The van der Waals surface area contributed by atoms with Gasteiger partial charge in [-0.2, -0.15) is 0 Å². The van der Waals surface area contributed by atoms with Crippen LogP contribution in [0.5, 0.6) is 0 Å². The third kappa shape index (κ3) is 4.53. The Hall–Kier alpha value is -5.88. The van der Waals surface area contributed by atoms with Crippen LogP contribution in [0.3, 0.4) is 0 Å². The lowest BCUT2D eigenvalue weighted by Gasteiger charge is -2.12. The molecule has 208 valence electrons. The molecule has 0 atom stereocenters. The number of hydrogen-bond acceptors (Lipinski definition) is 6. The lowest BCUT2D eigenvalue weighted by atomic mass is 9.97. The maximum atomic E-state index is 5.04. The van der Waals surface area contributed by atoms with Crippen molar-refractivity contribution in [2.45, 2.75) is 13.8 Å². The van der Waals surface area contributed by atoms with Gasteiger partial charge in [0, 0.05) is 39.7 Å². The first-order valence-electron chi connectivity index (χ1n) is 14.5. The third-order valence-corrected chi connectivity index (χ3v) is 7.97. The van der Waals surface area contributed by atoms with Gasteiger partial charge < -0.3 is 0 Å². The number of fused-ring (bicyclic) bond motifs is 5. The molecule has 6 nitrogen and oxygen atoms in total.